The van der Waals surface area contributed by atoms with Crippen molar-refractivity contribution >= 4 is 29.0 Å². The van der Waals surface area contributed by atoms with Crippen LogP contribution in [-0.2, 0) is 17.9 Å². The molecule has 3 rings (SSSR count). The first-order valence-electron chi connectivity index (χ1n) is 6.75. The Balaban J connectivity index is 1.58. The molecule has 1 N–H and O–H groups in total. The molecule has 6 nitrogen and oxygen atoms in total. The van der Waals surface area contributed by atoms with Crippen LogP contribution in [0.5, 0.6) is 0 Å². The maximum absolute atomic E-state index is 12.3. The van der Waals surface area contributed by atoms with E-state index in [2.05, 4.69) is 19.8 Å². The van der Waals surface area contributed by atoms with Gasteiger partial charge in [0.05, 0.1) is 18.8 Å². The maximum atomic E-state index is 12.3. The number of furan rings is 1. The standard InChI is InChI=1S/C13H15ClN4O2S/c14-12-10(16-17-21-12)8-18-5-1-4-11(18)13(19)15-7-9-3-2-6-20-9/h2-3,6,11H,1,4-5,7-8H2,(H,15,19)/t11-/m0/s1. The van der Waals surface area contributed by atoms with Crippen LogP contribution in [0.15, 0.2) is 22.8 Å². The van der Waals surface area contributed by atoms with Crippen LogP contribution >= 0.6 is 23.1 Å². The summed E-state index contributed by atoms with van der Waals surface area (Å²) < 4.78 is 9.63. The molecule has 0 saturated carbocycles. The fourth-order valence-corrected chi connectivity index (χ4v) is 3.11. The van der Waals surface area contributed by atoms with Crippen molar-refractivity contribution in [3.63, 3.8) is 0 Å². The van der Waals surface area contributed by atoms with Crippen molar-refractivity contribution < 1.29 is 9.21 Å². The minimum atomic E-state index is -0.141. The first kappa shape index (κ1) is 14.5. The van der Waals surface area contributed by atoms with Gasteiger partial charge >= 0.3 is 0 Å². The van der Waals surface area contributed by atoms with Gasteiger partial charge in [0, 0.05) is 18.1 Å². The van der Waals surface area contributed by atoms with Crippen molar-refractivity contribution in [2.75, 3.05) is 6.54 Å². The second-order valence-corrected chi connectivity index (χ2v) is 6.28. The molecule has 112 valence electrons. The lowest BCUT2D eigenvalue weighted by Crippen LogP contribution is -2.42. The molecule has 3 heterocycles. The molecular weight excluding hydrogens is 312 g/mol. The van der Waals surface area contributed by atoms with Gasteiger partial charge in [0.15, 0.2) is 0 Å². The number of nitrogens with one attached hydrogen (secondary N) is 1. The van der Waals surface area contributed by atoms with Crippen molar-refractivity contribution in [3.05, 3.63) is 34.2 Å². The lowest BCUT2D eigenvalue weighted by Gasteiger charge is -2.22. The van der Waals surface area contributed by atoms with Gasteiger partial charge in [0.1, 0.15) is 15.8 Å². The quantitative estimate of drug-likeness (QED) is 0.910. The summed E-state index contributed by atoms with van der Waals surface area (Å²) in [4.78, 5) is 14.4. The third-order valence-corrected chi connectivity index (χ3v) is 4.53. The van der Waals surface area contributed by atoms with Gasteiger partial charge in [-0.2, -0.15) is 0 Å². The van der Waals surface area contributed by atoms with Crippen molar-refractivity contribution in [1.29, 1.82) is 0 Å². The van der Waals surface area contributed by atoms with Crippen molar-refractivity contribution in [2.24, 2.45) is 0 Å². The summed E-state index contributed by atoms with van der Waals surface area (Å²) in [6.45, 7) is 1.84. The maximum Gasteiger partial charge on any atom is 0.237 e. The molecule has 2 aromatic rings. The van der Waals surface area contributed by atoms with E-state index >= 15 is 0 Å². The molecule has 1 atom stereocenters. The molecule has 21 heavy (non-hydrogen) atoms. The number of halogens is 1. The number of amides is 1. The SMILES string of the molecule is O=C(NCc1ccco1)[C@@H]1CCCN1Cc1nnsc1Cl. The Kier molecular flexibility index (Phi) is 4.52. The third kappa shape index (κ3) is 3.42. The number of rotatable bonds is 5. The molecule has 0 aliphatic carbocycles. The minimum absolute atomic E-state index is 0.0169. The molecule has 8 heteroatoms. The van der Waals surface area contributed by atoms with E-state index in [0.717, 1.165) is 30.8 Å². The number of carbonyl (C=O) groups excluding carboxylic acids is 1. The van der Waals surface area contributed by atoms with Crippen molar-refractivity contribution in [1.82, 2.24) is 19.8 Å². The smallest absolute Gasteiger partial charge is 0.237 e. The van der Waals surface area contributed by atoms with Crippen LogP contribution < -0.4 is 5.32 Å². The Morgan fingerprint density at radius 2 is 2.52 bits per heavy atom. The molecule has 1 aliphatic rings. The monoisotopic (exact) mass is 326 g/mol. The average Bonchev–Trinajstić information content (AvgIpc) is 3.20. The second-order valence-electron chi connectivity index (χ2n) is 4.92. The first-order chi connectivity index (χ1) is 10.2. The average molecular weight is 327 g/mol. The molecule has 0 unspecified atom stereocenters. The topological polar surface area (TPSA) is 71.3 Å². The number of carbonyl (C=O) groups is 1. The van der Waals surface area contributed by atoms with Crippen LogP contribution in [0, 0.1) is 0 Å². The summed E-state index contributed by atoms with van der Waals surface area (Å²) in [6.07, 6.45) is 3.44. The summed E-state index contributed by atoms with van der Waals surface area (Å²) >= 11 is 7.20. The van der Waals surface area contributed by atoms with Gasteiger partial charge in [-0.1, -0.05) is 16.1 Å². The summed E-state index contributed by atoms with van der Waals surface area (Å²) in [5.74, 6) is 0.767. The Labute approximate surface area is 131 Å². The van der Waals surface area contributed by atoms with Gasteiger partial charge in [-0.15, -0.1) is 5.10 Å². The fraction of sp³-hybridized carbons (Fsp3) is 0.462. The molecule has 2 aromatic heterocycles. The first-order valence-corrected chi connectivity index (χ1v) is 7.90. The summed E-state index contributed by atoms with van der Waals surface area (Å²) in [5, 5.41) is 6.92. The summed E-state index contributed by atoms with van der Waals surface area (Å²) in [6, 6.07) is 3.51. The molecule has 1 saturated heterocycles. The van der Waals surface area contributed by atoms with E-state index in [4.69, 9.17) is 16.0 Å². The molecule has 0 bridgehead atoms. The zero-order chi connectivity index (χ0) is 14.7. The molecular formula is C13H15ClN4O2S. The highest BCUT2D eigenvalue weighted by Crippen LogP contribution is 2.24. The van der Waals surface area contributed by atoms with Crippen LogP contribution in [0.2, 0.25) is 4.34 Å². The number of hydrogen-bond donors (Lipinski definition) is 1. The number of aromatic nitrogens is 2. The highest BCUT2D eigenvalue weighted by molar-refractivity contribution is 7.10. The van der Waals surface area contributed by atoms with Gasteiger partial charge in [-0.25, -0.2) is 0 Å². The number of likely N-dealkylation sites (tertiary alicyclic amines) is 1. The lowest BCUT2D eigenvalue weighted by molar-refractivity contribution is -0.125. The van der Waals surface area contributed by atoms with E-state index in [-0.39, 0.29) is 11.9 Å². The molecule has 0 radical (unpaired) electrons. The zero-order valence-electron chi connectivity index (χ0n) is 11.3. The van der Waals surface area contributed by atoms with E-state index in [1.54, 1.807) is 12.3 Å². The Morgan fingerprint density at radius 1 is 1.62 bits per heavy atom. The van der Waals surface area contributed by atoms with Crippen LogP contribution in [-0.4, -0.2) is 33.0 Å². The number of nitrogens with zero attached hydrogens (tertiary/aromatic N) is 3. The fourth-order valence-electron chi connectivity index (χ4n) is 2.50. The highest BCUT2D eigenvalue weighted by atomic mass is 35.5. The summed E-state index contributed by atoms with van der Waals surface area (Å²) in [7, 11) is 0. The van der Waals surface area contributed by atoms with Crippen molar-refractivity contribution in [2.45, 2.75) is 32.0 Å². The molecule has 1 amide bonds. The van der Waals surface area contributed by atoms with Crippen LogP contribution in [0.1, 0.15) is 24.3 Å². The van der Waals surface area contributed by atoms with E-state index in [1.807, 2.05) is 6.07 Å². The molecule has 0 aromatic carbocycles. The predicted octanol–water partition coefficient (Wildman–Crippen LogP) is 2.07. The lowest BCUT2D eigenvalue weighted by atomic mass is 10.2. The van der Waals surface area contributed by atoms with Crippen LogP contribution in [0.4, 0.5) is 0 Å². The largest absolute Gasteiger partial charge is 0.467 e. The van der Waals surface area contributed by atoms with Gasteiger partial charge in [0.25, 0.3) is 0 Å². The van der Waals surface area contributed by atoms with Crippen LogP contribution in [0.3, 0.4) is 0 Å². The predicted molar refractivity (Wildman–Crippen MR) is 78.9 cm³/mol. The van der Waals surface area contributed by atoms with E-state index in [9.17, 15) is 4.79 Å². The highest BCUT2D eigenvalue weighted by Gasteiger charge is 2.31. The van der Waals surface area contributed by atoms with Gasteiger partial charge in [0.2, 0.25) is 5.91 Å². The molecule has 1 aliphatic heterocycles. The van der Waals surface area contributed by atoms with E-state index in [0.29, 0.717) is 17.4 Å². The normalized spacial score (nSPS) is 19.0. The van der Waals surface area contributed by atoms with Crippen molar-refractivity contribution in [3.8, 4) is 0 Å². The number of hydrogen-bond acceptors (Lipinski definition) is 6. The minimum Gasteiger partial charge on any atom is -0.467 e. The summed E-state index contributed by atoms with van der Waals surface area (Å²) in [5.41, 5.74) is 0.743. The molecule has 0 spiro atoms. The van der Waals surface area contributed by atoms with Gasteiger partial charge in [-0.3, -0.25) is 9.69 Å². The van der Waals surface area contributed by atoms with Gasteiger partial charge < -0.3 is 9.73 Å². The Morgan fingerprint density at radius 3 is 3.24 bits per heavy atom. The van der Waals surface area contributed by atoms with Crippen LogP contribution in [0.25, 0.3) is 0 Å². The van der Waals surface area contributed by atoms with Gasteiger partial charge in [-0.05, 0) is 31.5 Å². The Bertz CT molecular complexity index is 601. The van der Waals surface area contributed by atoms with E-state index < -0.39 is 0 Å². The zero-order valence-corrected chi connectivity index (χ0v) is 12.9. The molecule has 1 fully saturated rings. The second kappa shape index (κ2) is 6.55. The van der Waals surface area contributed by atoms with E-state index in [1.165, 1.54) is 11.5 Å². The third-order valence-electron chi connectivity index (χ3n) is 3.55. The Hall–Kier alpha value is -1.44.